The molecule has 2 heterocycles. The highest BCUT2D eigenvalue weighted by Gasteiger charge is 2.34. The summed E-state index contributed by atoms with van der Waals surface area (Å²) < 4.78 is 1.99. The van der Waals surface area contributed by atoms with Gasteiger partial charge in [-0.05, 0) is 18.6 Å². The quantitative estimate of drug-likeness (QED) is 0.845. The summed E-state index contributed by atoms with van der Waals surface area (Å²) in [7, 11) is 0. The number of imidazole rings is 1. The fourth-order valence-electron chi connectivity index (χ4n) is 2.75. The summed E-state index contributed by atoms with van der Waals surface area (Å²) in [4.78, 5) is 18.4. The second-order valence-electron chi connectivity index (χ2n) is 4.93. The molecule has 6 heteroatoms. The zero-order valence-electron chi connectivity index (χ0n) is 11.1. The third kappa shape index (κ3) is 1.97. The number of fused-ring (bicyclic) bond motifs is 3. The Morgan fingerprint density at radius 1 is 1.25 bits per heavy atom. The van der Waals surface area contributed by atoms with Crippen LogP contribution < -0.4 is 4.90 Å². The van der Waals surface area contributed by atoms with Crippen molar-refractivity contribution in [3.63, 3.8) is 0 Å². The lowest BCUT2D eigenvalue weighted by atomic mass is 10.0. The van der Waals surface area contributed by atoms with Gasteiger partial charge >= 0.3 is 0 Å². The maximum Gasteiger partial charge on any atom is 0.234 e. The van der Waals surface area contributed by atoms with Crippen LogP contribution in [0.25, 0.3) is 11.0 Å². The average molecular weight is 275 g/mol. The second kappa shape index (κ2) is 5.22. The number of aromatic nitrogens is 2. The van der Waals surface area contributed by atoms with Gasteiger partial charge in [0.15, 0.2) is 0 Å². The van der Waals surface area contributed by atoms with Gasteiger partial charge in [0.25, 0.3) is 0 Å². The van der Waals surface area contributed by atoms with Crippen molar-refractivity contribution in [2.24, 2.45) is 5.92 Å². The summed E-state index contributed by atoms with van der Waals surface area (Å²) in [5, 5.41) is 18.3. The van der Waals surface area contributed by atoms with Gasteiger partial charge < -0.3 is 14.8 Å². The summed E-state index contributed by atoms with van der Waals surface area (Å²) in [5.41, 5.74) is 1.81. The van der Waals surface area contributed by atoms with Crippen LogP contribution in [0.15, 0.2) is 24.3 Å². The number of hydrogen-bond acceptors (Lipinski definition) is 4. The SMILES string of the molecule is O=C1C(CCO)Cn2c(nc3ccccc32)N1CCO. The van der Waals surface area contributed by atoms with Crippen molar-refractivity contribution in [1.29, 1.82) is 0 Å². The molecule has 3 rings (SSSR count). The molecule has 2 N–H and O–H groups in total. The lowest BCUT2D eigenvalue weighted by Crippen LogP contribution is -2.45. The van der Waals surface area contributed by atoms with E-state index in [1.54, 1.807) is 0 Å². The maximum absolute atomic E-state index is 12.4. The largest absolute Gasteiger partial charge is 0.396 e. The van der Waals surface area contributed by atoms with Crippen LogP contribution in [0, 0.1) is 5.92 Å². The van der Waals surface area contributed by atoms with Gasteiger partial charge in [-0.3, -0.25) is 9.69 Å². The fraction of sp³-hybridized carbons (Fsp3) is 0.429. The third-order valence-corrected chi connectivity index (χ3v) is 3.70. The van der Waals surface area contributed by atoms with E-state index >= 15 is 0 Å². The van der Waals surface area contributed by atoms with E-state index in [1.165, 1.54) is 4.90 Å². The molecular weight excluding hydrogens is 258 g/mol. The zero-order chi connectivity index (χ0) is 14.1. The number of rotatable bonds is 4. The van der Waals surface area contributed by atoms with Gasteiger partial charge in [-0.2, -0.15) is 0 Å². The molecule has 1 aromatic carbocycles. The minimum atomic E-state index is -0.267. The second-order valence-corrected chi connectivity index (χ2v) is 4.93. The van der Waals surface area contributed by atoms with Crippen LogP contribution in [0.1, 0.15) is 6.42 Å². The molecule has 2 aromatic rings. The van der Waals surface area contributed by atoms with Crippen molar-refractivity contribution < 1.29 is 15.0 Å². The molecule has 0 bridgehead atoms. The Kier molecular flexibility index (Phi) is 3.42. The van der Waals surface area contributed by atoms with E-state index in [4.69, 9.17) is 5.11 Å². The van der Waals surface area contributed by atoms with Gasteiger partial charge in [-0.25, -0.2) is 4.98 Å². The molecule has 0 aliphatic carbocycles. The molecule has 6 nitrogen and oxygen atoms in total. The molecular formula is C14H17N3O3. The Balaban J connectivity index is 2.11. The predicted octanol–water partition coefficient (Wildman–Crippen LogP) is 0.374. The van der Waals surface area contributed by atoms with Gasteiger partial charge in [0.2, 0.25) is 11.9 Å². The maximum atomic E-state index is 12.4. The van der Waals surface area contributed by atoms with E-state index in [0.717, 1.165) is 11.0 Å². The van der Waals surface area contributed by atoms with Crippen molar-refractivity contribution in [3.8, 4) is 0 Å². The van der Waals surface area contributed by atoms with E-state index in [1.807, 2.05) is 28.8 Å². The van der Waals surface area contributed by atoms with Crippen LogP contribution in [0.2, 0.25) is 0 Å². The molecule has 1 aliphatic rings. The Morgan fingerprint density at radius 2 is 2.05 bits per heavy atom. The summed E-state index contributed by atoms with van der Waals surface area (Å²) in [6, 6.07) is 7.72. The van der Waals surface area contributed by atoms with E-state index in [-0.39, 0.29) is 31.6 Å². The molecule has 106 valence electrons. The summed E-state index contributed by atoms with van der Waals surface area (Å²) in [6.07, 6.45) is 0.423. The molecule has 0 spiro atoms. The number of nitrogens with zero attached hydrogens (tertiary/aromatic N) is 3. The van der Waals surface area contributed by atoms with Gasteiger partial charge in [-0.15, -0.1) is 0 Å². The first-order valence-corrected chi connectivity index (χ1v) is 6.74. The number of hydrogen-bond donors (Lipinski definition) is 2. The van der Waals surface area contributed by atoms with Crippen molar-refractivity contribution >= 4 is 22.9 Å². The van der Waals surface area contributed by atoms with Crippen molar-refractivity contribution in [1.82, 2.24) is 9.55 Å². The molecule has 1 aliphatic heterocycles. The van der Waals surface area contributed by atoms with Crippen LogP contribution in [-0.2, 0) is 11.3 Å². The van der Waals surface area contributed by atoms with Gasteiger partial charge in [0.1, 0.15) is 0 Å². The molecule has 0 saturated carbocycles. The van der Waals surface area contributed by atoms with Gasteiger partial charge in [0, 0.05) is 13.2 Å². The van der Waals surface area contributed by atoms with Crippen LogP contribution in [-0.4, -0.2) is 45.4 Å². The van der Waals surface area contributed by atoms with Crippen molar-refractivity contribution in [2.75, 3.05) is 24.7 Å². The molecule has 1 unspecified atom stereocenters. The molecule has 1 aromatic heterocycles. The van der Waals surface area contributed by atoms with Crippen LogP contribution >= 0.6 is 0 Å². The van der Waals surface area contributed by atoms with E-state index in [9.17, 15) is 9.90 Å². The van der Waals surface area contributed by atoms with Crippen LogP contribution in [0.4, 0.5) is 5.95 Å². The number of carbonyl (C=O) groups is 1. The summed E-state index contributed by atoms with van der Waals surface area (Å²) in [5.74, 6) is 0.243. The first kappa shape index (κ1) is 13.1. The Hall–Kier alpha value is -1.92. The number of anilines is 1. The van der Waals surface area contributed by atoms with Crippen LogP contribution in [0.3, 0.4) is 0 Å². The number of amides is 1. The summed E-state index contributed by atoms with van der Waals surface area (Å²) in [6.45, 7) is 0.618. The highest BCUT2D eigenvalue weighted by Crippen LogP contribution is 2.30. The smallest absolute Gasteiger partial charge is 0.234 e. The minimum Gasteiger partial charge on any atom is -0.396 e. The molecule has 0 saturated heterocycles. The molecule has 1 amide bonds. The van der Waals surface area contributed by atoms with E-state index in [0.29, 0.717) is 18.9 Å². The van der Waals surface area contributed by atoms with Gasteiger partial charge in [-0.1, -0.05) is 12.1 Å². The number of aliphatic hydroxyl groups is 2. The molecule has 0 fully saturated rings. The third-order valence-electron chi connectivity index (χ3n) is 3.70. The average Bonchev–Trinajstić information content (AvgIpc) is 2.82. The standard InChI is InChI=1S/C14H17N3O3/c18-7-5-10-9-17-12-4-2-1-3-11(12)15-14(17)16(6-8-19)13(10)20/h1-4,10,18-19H,5-9H2. The number of carbonyl (C=O) groups excluding carboxylic acids is 1. The Labute approximate surface area is 116 Å². The lowest BCUT2D eigenvalue weighted by Gasteiger charge is -2.32. The Bertz CT molecular complexity index is 638. The molecule has 20 heavy (non-hydrogen) atoms. The molecule has 0 radical (unpaired) electrons. The van der Waals surface area contributed by atoms with Crippen molar-refractivity contribution in [2.45, 2.75) is 13.0 Å². The van der Waals surface area contributed by atoms with Crippen LogP contribution in [0.5, 0.6) is 0 Å². The highest BCUT2D eigenvalue weighted by molar-refractivity contribution is 5.97. The summed E-state index contributed by atoms with van der Waals surface area (Å²) >= 11 is 0. The minimum absolute atomic E-state index is 0.0225. The first-order chi connectivity index (χ1) is 9.76. The number of para-hydroxylation sites is 2. The van der Waals surface area contributed by atoms with E-state index in [2.05, 4.69) is 4.98 Å². The van der Waals surface area contributed by atoms with Gasteiger partial charge in [0.05, 0.1) is 30.1 Å². The Morgan fingerprint density at radius 3 is 2.80 bits per heavy atom. The number of β-amino-alcohol motifs (C(OH)–C–C–N with tert-alkyl or cyclic N) is 1. The lowest BCUT2D eigenvalue weighted by molar-refractivity contribution is -0.124. The molecule has 1 atom stereocenters. The number of benzene rings is 1. The predicted molar refractivity (Wildman–Crippen MR) is 74.4 cm³/mol. The highest BCUT2D eigenvalue weighted by atomic mass is 16.3. The fourth-order valence-corrected chi connectivity index (χ4v) is 2.75. The first-order valence-electron chi connectivity index (χ1n) is 6.74. The number of aliphatic hydroxyl groups excluding tert-OH is 2. The van der Waals surface area contributed by atoms with E-state index < -0.39 is 0 Å². The normalized spacial score (nSPS) is 18.6. The zero-order valence-corrected chi connectivity index (χ0v) is 11.1. The monoisotopic (exact) mass is 275 g/mol. The van der Waals surface area contributed by atoms with Crippen molar-refractivity contribution in [3.05, 3.63) is 24.3 Å². The topological polar surface area (TPSA) is 78.6 Å².